The van der Waals surface area contributed by atoms with Crippen molar-refractivity contribution in [3.8, 4) is 0 Å². The molecule has 1 saturated heterocycles. The average Bonchev–Trinajstić information content (AvgIpc) is 2.88. The number of carboxylic acids is 1. The summed E-state index contributed by atoms with van der Waals surface area (Å²) in [4.78, 5) is 78.7. The van der Waals surface area contributed by atoms with E-state index >= 15 is 0 Å². The van der Waals surface area contributed by atoms with Crippen LogP contribution in [-0.2, 0) is 28.8 Å². The van der Waals surface area contributed by atoms with Gasteiger partial charge >= 0.3 is 5.97 Å². The van der Waals surface area contributed by atoms with Crippen LogP contribution >= 0.6 is 0 Å². The molecule has 0 radical (unpaired) electrons. The zero-order valence-electron chi connectivity index (χ0n) is 22.7. The highest BCUT2D eigenvalue weighted by Gasteiger charge is 2.29. The number of nitrogens with two attached hydrogens (primary N) is 3. The number of rotatable bonds is 10. The lowest BCUT2D eigenvalue weighted by Gasteiger charge is -2.23. The maximum Gasteiger partial charge on any atom is 0.305 e. The van der Waals surface area contributed by atoms with Crippen molar-refractivity contribution in [2.75, 3.05) is 26.2 Å². The molecule has 0 bridgehead atoms. The number of aliphatic carboxylic acids is 1. The van der Waals surface area contributed by atoms with E-state index in [2.05, 4.69) is 31.6 Å². The fourth-order valence-electron chi connectivity index (χ4n) is 3.91. The number of carboxylic acid groups (broad SMARTS) is 1. The summed E-state index contributed by atoms with van der Waals surface area (Å²) in [6, 6.07) is -3.42. The fourth-order valence-corrected chi connectivity index (χ4v) is 3.91. The Labute approximate surface area is 233 Å². The van der Waals surface area contributed by atoms with Crippen LogP contribution in [-0.4, -0.2) is 90.9 Å². The Kier molecular flexibility index (Phi) is 16.3. The standard InChI is InChI=1S/C24H43N9O7/c25-10-4-3-7-16-21(38)28-11-5-1-2-9-18(34)31-15(8-6-12-29-24(26)27)22(39)30-14-19(35)32-17(13-20(36)37)23(40)33-16/h15-17H,1-14,25H2,(H,28,38)(H,30,39)(H,31,34)(H,32,35)(H,33,40)(H,36,37)(H4,26,27,29)/t15-,16?,17?/m0/s1. The molecule has 0 aromatic carbocycles. The second kappa shape index (κ2) is 19.2. The van der Waals surface area contributed by atoms with E-state index in [4.69, 9.17) is 17.2 Å². The van der Waals surface area contributed by atoms with Gasteiger partial charge in [-0.15, -0.1) is 0 Å². The predicted molar refractivity (Wildman–Crippen MR) is 145 cm³/mol. The van der Waals surface area contributed by atoms with Crippen molar-refractivity contribution in [3.05, 3.63) is 0 Å². The Morgan fingerprint density at radius 1 is 0.800 bits per heavy atom. The number of nitrogens with one attached hydrogen (secondary N) is 5. The van der Waals surface area contributed by atoms with E-state index in [1.54, 1.807) is 0 Å². The monoisotopic (exact) mass is 569 g/mol. The van der Waals surface area contributed by atoms with E-state index in [0.29, 0.717) is 51.6 Å². The molecule has 0 aliphatic carbocycles. The molecule has 2 unspecified atom stereocenters. The minimum atomic E-state index is -1.50. The van der Waals surface area contributed by atoms with Gasteiger partial charge in [0.05, 0.1) is 13.0 Å². The Morgan fingerprint density at radius 3 is 2.12 bits per heavy atom. The van der Waals surface area contributed by atoms with Gasteiger partial charge in [0.25, 0.3) is 0 Å². The molecule has 1 rings (SSSR count). The van der Waals surface area contributed by atoms with Crippen LogP contribution in [0.15, 0.2) is 4.99 Å². The van der Waals surface area contributed by atoms with Crippen LogP contribution in [0.25, 0.3) is 0 Å². The average molecular weight is 570 g/mol. The second-order valence-corrected chi connectivity index (χ2v) is 9.45. The van der Waals surface area contributed by atoms with Crippen molar-refractivity contribution in [2.45, 2.75) is 82.3 Å². The molecule has 5 amide bonds. The third-order valence-corrected chi connectivity index (χ3v) is 6.01. The van der Waals surface area contributed by atoms with Crippen molar-refractivity contribution >= 4 is 41.5 Å². The van der Waals surface area contributed by atoms with Crippen LogP contribution in [0.5, 0.6) is 0 Å². The molecule has 0 saturated carbocycles. The van der Waals surface area contributed by atoms with Gasteiger partial charge in [-0.2, -0.15) is 0 Å². The first-order valence-corrected chi connectivity index (χ1v) is 13.4. The summed E-state index contributed by atoms with van der Waals surface area (Å²) in [5.74, 6) is -4.58. The summed E-state index contributed by atoms with van der Waals surface area (Å²) in [6.45, 7) is 0.349. The van der Waals surface area contributed by atoms with Crippen LogP contribution in [0.3, 0.4) is 0 Å². The van der Waals surface area contributed by atoms with E-state index in [0.717, 1.165) is 0 Å². The first-order chi connectivity index (χ1) is 19.0. The van der Waals surface area contributed by atoms with E-state index < -0.39 is 60.7 Å². The number of hydrogen-bond acceptors (Lipinski definition) is 8. The summed E-state index contributed by atoms with van der Waals surface area (Å²) in [5, 5.41) is 21.9. The van der Waals surface area contributed by atoms with Gasteiger partial charge in [0, 0.05) is 19.5 Å². The molecule has 40 heavy (non-hydrogen) atoms. The quantitative estimate of drug-likeness (QED) is 0.0726. The molecule has 226 valence electrons. The highest BCUT2D eigenvalue weighted by Crippen LogP contribution is 2.06. The maximum absolute atomic E-state index is 12.9. The van der Waals surface area contributed by atoms with Crippen LogP contribution in [0, 0.1) is 0 Å². The number of unbranched alkanes of at least 4 members (excludes halogenated alkanes) is 1. The Hall–Kier alpha value is -3.95. The minimum absolute atomic E-state index is 0.108. The van der Waals surface area contributed by atoms with E-state index in [1.807, 2.05) is 0 Å². The first kappa shape index (κ1) is 34.1. The summed E-state index contributed by atoms with van der Waals surface area (Å²) in [6.07, 6.45) is 3.11. The number of hydrogen-bond donors (Lipinski definition) is 9. The topological polar surface area (TPSA) is 273 Å². The van der Waals surface area contributed by atoms with Crippen molar-refractivity contribution in [2.24, 2.45) is 22.2 Å². The summed E-state index contributed by atoms with van der Waals surface area (Å²) < 4.78 is 0. The van der Waals surface area contributed by atoms with Gasteiger partial charge in [-0.1, -0.05) is 6.42 Å². The van der Waals surface area contributed by atoms with Crippen molar-refractivity contribution in [3.63, 3.8) is 0 Å². The number of guanidine groups is 1. The number of aliphatic imine (C=N–C) groups is 1. The molecular weight excluding hydrogens is 526 g/mol. The SMILES string of the molecule is NCCCCC1NC(=O)C(CC(=O)O)NC(=O)CNC(=O)[C@H](CCCN=C(N)N)NC(=O)CCCCCNC1=O. The molecule has 16 nitrogen and oxygen atoms in total. The Bertz CT molecular complexity index is 909. The minimum Gasteiger partial charge on any atom is -0.481 e. The lowest BCUT2D eigenvalue weighted by Crippen LogP contribution is -2.56. The fraction of sp³-hybridized carbons (Fsp3) is 0.708. The van der Waals surface area contributed by atoms with Crippen LogP contribution in [0.1, 0.15) is 64.2 Å². The first-order valence-electron chi connectivity index (χ1n) is 13.4. The number of amides is 5. The van der Waals surface area contributed by atoms with Gasteiger partial charge in [0.1, 0.15) is 18.1 Å². The molecule has 12 N–H and O–H groups in total. The molecule has 1 aliphatic heterocycles. The third-order valence-electron chi connectivity index (χ3n) is 6.01. The van der Waals surface area contributed by atoms with Gasteiger partial charge in [0.15, 0.2) is 5.96 Å². The highest BCUT2D eigenvalue weighted by molar-refractivity contribution is 5.95. The van der Waals surface area contributed by atoms with Gasteiger partial charge < -0.3 is 48.9 Å². The van der Waals surface area contributed by atoms with Gasteiger partial charge in [-0.05, 0) is 51.5 Å². The molecule has 1 fully saturated rings. The Morgan fingerprint density at radius 2 is 1.45 bits per heavy atom. The molecule has 0 spiro atoms. The largest absolute Gasteiger partial charge is 0.481 e. The molecule has 0 aromatic rings. The molecular formula is C24H43N9O7. The lowest BCUT2D eigenvalue weighted by atomic mass is 10.1. The lowest BCUT2D eigenvalue weighted by molar-refractivity contribution is -0.141. The smallest absolute Gasteiger partial charge is 0.305 e. The van der Waals surface area contributed by atoms with Crippen LogP contribution < -0.4 is 43.8 Å². The van der Waals surface area contributed by atoms with Gasteiger partial charge in [-0.3, -0.25) is 33.8 Å². The number of nitrogens with zero attached hydrogens (tertiary/aromatic N) is 1. The summed E-state index contributed by atoms with van der Waals surface area (Å²) in [5.41, 5.74) is 16.1. The van der Waals surface area contributed by atoms with Gasteiger partial charge in [-0.25, -0.2) is 0 Å². The zero-order chi connectivity index (χ0) is 29.9. The third kappa shape index (κ3) is 14.8. The second-order valence-electron chi connectivity index (χ2n) is 9.45. The number of carbonyl (C=O) groups excluding carboxylic acids is 5. The molecule has 16 heteroatoms. The van der Waals surface area contributed by atoms with Gasteiger partial charge in [0.2, 0.25) is 29.5 Å². The van der Waals surface area contributed by atoms with Crippen LogP contribution in [0.4, 0.5) is 0 Å². The van der Waals surface area contributed by atoms with Crippen molar-refractivity contribution in [1.29, 1.82) is 0 Å². The molecule has 1 aliphatic rings. The molecule has 3 atom stereocenters. The summed E-state index contributed by atoms with van der Waals surface area (Å²) >= 11 is 0. The Balaban J connectivity index is 3.05. The molecule has 1 heterocycles. The van der Waals surface area contributed by atoms with Crippen molar-refractivity contribution < 1.29 is 33.9 Å². The number of carbonyl (C=O) groups is 6. The van der Waals surface area contributed by atoms with E-state index in [-0.39, 0.29) is 37.7 Å². The van der Waals surface area contributed by atoms with E-state index in [1.165, 1.54) is 0 Å². The van der Waals surface area contributed by atoms with Crippen molar-refractivity contribution in [1.82, 2.24) is 26.6 Å². The maximum atomic E-state index is 12.9. The highest BCUT2D eigenvalue weighted by atomic mass is 16.4. The van der Waals surface area contributed by atoms with Crippen LogP contribution in [0.2, 0.25) is 0 Å². The predicted octanol–water partition coefficient (Wildman–Crippen LogP) is -3.10. The molecule has 0 aromatic heterocycles. The normalized spacial score (nSPS) is 22.2. The van der Waals surface area contributed by atoms with E-state index in [9.17, 15) is 33.9 Å². The zero-order valence-corrected chi connectivity index (χ0v) is 22.7. The summed E-state index contributed by atoms with van der Waals surface area (Å²) in [7, 11) is 0.